The number of aromatic nitrogens is 4. The fourth-order valence-corrected chi connectivity index (χ4v) is 6.64. The number of likely N-dealkylation sites (tertiary alicyclic amines) is 1. The Kier molecular flexibility index (Phi) is 9.49. The topological polar surface area (TPSA) is 161 Å². The summed E-state index contributed by atoms with van der Waals surface area (Å²) in [6.45, 7) is 6.60. The van der Waals surface area contributed by atoms with Crippen LogP contribution in [0.1, 0.15) is 80.0 Å². The Labute approximate surface area is 309 Å². The zero-order valence-electron chi connectivity index (χ0n) is 30.0. The number of nitriles is 1. The van der Waals surface area contributed by atoms with Gasteiger partial charge in [-0.2, -0.15) is 10.4 Å². The van der Waals surface area contributed by atoms with E-state index >= 15 is 4.39 Å². The summed E-state index contributed by atoms with van der Waals surface area (Å²) < 4.78 is 38.0. The molecule has 5 aromatic rings. The van der Waals surface area contributed by atoms with Crippen molar-refractivity contribution in [2.75, 3.05) is 24.1 Å². The molecule has 1 saturated heterocycles. The van der Waals surface area contributed by atoms with E-state index in [0.29, 0.717) is 42.6 Å². The van der Waals surface area contributed by atoms with E-state index in [0.717, 1.165) is 29.0 Å². The number of hydrogen-bond acceptors (Lipinski definition) is 8. The van der Waals surface area contributed by atoms with Crippen molar-refractivity contribution < 1.29 is 23.1 Å². The largest absolute Gasteiger partial charge is 0.444 e. The average Bonchev–Trinajstić information content (AvgIpc) is 3.87. The van der Waals surface area contributed by atoms with Crippen LogP contribution in [0, 0.1) is 23.0 Å². The van der Waals surface area contributed by atoms with Gasteiger partial charge in [-0.1, -0.05) is 0 Å². The number of nitrogens with two attached hydrogens (primary N) is 1. The maximum Gasteiger partial charge on any atom is 0.410 e. The van der Waals surface area contributed by atoms with Crippen LogP contribution in [-0.2, 0) is 4.74 Å². The lowest BCUT2D eigenvalue weighted by molar-refractivity contribution is 0.0184. The standard InChI is InChI=1S/C40H38F2N8O4/c1-40(2,3)54-39(53)48-14-12-28(13-15-48)49-22-25(21-46-49)24-16-32(36(44)45-20-24)30-11-8-27(17-34(30)42)47-37(51)33-18-31(23-4-5-23)35(19-43)50(38(33)52)29-9-6-26(41)7-10-29/h6-11,16-18,20-23,28H,4-5,12-15H2,1-3H3,(H2,44,45)(H,47,51). The molecule has 1 saturated carbocycles. The van der Waals surface area contributed by atoms with E-state index in [-0.39, 0.29) is 52.1 Å². The van der Waals surface area contributed by atoms with Crippen molar-refractivity contribution in [3.8, 4) is 34.0 Å². The van der Waals surface area contributed by atoms with Gasteiger partial charge in [-0.25, -0.2) is 18.6 Å². The fraction of sp³-hybridized carbons (Fsp3) is 0.300. The first-order chi connectivity index (χ1) is 25.8. The first kappa shape index (κ1) is 36.0. The predicted molar refractivity (Wildman–Crippen MR) is 198 cm³/mol. The number of nitrogen functional groups attached to an aromatic ring is 1. The highest BCUT2D eigenvalue weighted by molar-refractivity contribution is 6.04. The van der Waals surface area contributed by atoms with E-state index < -0.39 is 28.7 Å². The molecule has 0 spiro atoms. The van der Waals surface area contributed by atoms with E-state index in [2.05, 4.69) is 21.5 Å². The molecule has 2 amide bonds. The van der Waals surface area contributed by atoms with Crippen molar-refractivity contribution >= 4 is 23.5 Å². The maximum absolute atomic E-state index is 15.8. The molecule has 2 aromatic carbocycles. The van der Waals surface area contributed by atoms with Gasteiger partial charge in [0.2, 0.25) is 0 Å². The third-order valence-electron chi connectivity index (χ3n) is 9.54. The van der Waals surface area contributed by atoms with Gasteiger partial charge in [-0.3, -0.25) is 18.8 Å². The van der Waals surface area contributed by atoms with Gasteiger partial charge in [0.1, 0.15) is 40.4 Å². The number of rotatable bonds is 7. The van der Waals surface area contributed by atoms with Gasteiger partial charge in [-0.15, -0.1) is 0 Å². The second-order valence-electron chi connectivity index (χ2n) is 14.6. The number of pyridine rings is 2. The van der Waals surface area contributed by atoms with E-state index in [1.54, 1.807) is 23.4 Å². The summed E-state index contributed by atoms with van der Waals surface area (Å²) in [5.74, 6) is -1.89. The molecule has 3 aromatic heterocycles. The number of halogens is 2. The number of anilines is 2. The highest BCUT2D eigenvalue weighted by Crippen LogP contribution is 2.42. The molecule has 0 bridgehead atoms. The Morgan fingerprint density at radius 1 is 0.963 bits per heavy atom. The van der Waals surface area contributed by atoms with E-state index in [9.17, 15) is 24.0 Å². The molecule has 7 rings (SSSR count). The fourth-order valence-electron chi connectivity index (χ4n) is 6.64. The summed E-state index contributed by atoms with van der Waals surface area (Å²) in [6, 6.07) is 14.5. The monoisotopic (exact) mass is 732 g/mol. The number of piperidine rings is 1. The van der Waals surface area contributed by atoms with Crippen molar-refractivity contribution in [2.24, 2.45) is 0 Å². The van der Waals surface area contributed by atoms with Gasteiger partial charge in [-0.05, 0) is 113 Å². The van der Waals surface area contributed by atoms with Crippen LogP contribution in [0.4, 0.5) is 25.1 Å². The van der Waals surface area contributed by atoms with Crippen LogP contribution in [0.15, 0.2) is 78.0 Å². The van der Waals surface area contributed by atoms with Crippen molar-refractivity contribution in [1.82, 2.24) is 24.2 Å². The Hall–Kier alpha value is -6.36. The molecular formula is C40H38F2N8O4. The molecule has 276 valence electrons. The van der Waals surface area contributed by atoms with Crippen molar-refractivity contribution in [3.05, 3.63) is 112 Å². The molecule has 0 atom stereocenters. The van der Waals surface area contributed by atoms with Gasteiger partial charge in [0.05, 0.1) is 17.9 Å². The van der Waals surface area contributed by atoms with Gasteiger partial charge >= 0.3 is 6.09 Å². The summed E-state index contributed by atoms with van der Waals surface area (Å²) >= 11 is 0. The van der Waals surface area contributed by atoms with E-state index in [4.69, 9.17) is 10.5 Å². The Morgan fingerprint density at radius 2 is 1.69 bits per heavy atom. The lowest BCUT2D eigenvalue weighted by Crippen LogP contribution is -2.42. The van der Waals surface area contributed by atoms with Crippen LogP contribution in [0.5, 0.6) is 0 Å². The molecule has 1 aliphatic carbocycles. The van der Waals surface area contributed by atoms with Gasteiger partial charge in [0, 0.05) is 53.4 Å². The van der Waals surface area contributed by atoms with E-state index in [1.807, 2.05) is 31.6 Å². The van der Waals surface area contributed by atoms with Crippen LogP contribution in [0.2, 0.25) is 0 Å². The van der Waals surface area contributed by atoms with Crippen molar-refractivity contribution in [3.63, 3.8) is 0 Å². The summed E-state index contributed by atoms with van der Waals surface area (Å²) in [6.07, 6.45) is 7.85. The molecule has 2 fully saturated rings. The first-order valence-electron chi connectivity index (χ1n) is 17.6. The summed E-state index contributed by atoms with van der Waals surface area (Å²) in [5.41, 5.74) is 7.53. The molecule has 12 nitrogen and oxygen atoms in total. The smallest absolute Gasteiger partial charge is 0.410 e. The summed E-state index contributed by atoms with van der Waals surface area (Å²) in [5, 5.41) is 17.2. The quantitative estimate of drug-likeness (QED) is 0.178. The second-order valence-corrected chi connectivity index (χ2v) is 14.6. The lowest BCUT2D eigenvalue weighted by atomic mass is 10.0. The zero-order valence-corrected chi connectivity index (χ0v) is 30.0. The molecule has 3 N–H and O–H groups in total. The number of amides is 2. The zero-order chi connectivity index (χ0) is 38.3. The number of carbonyl (C=O) groups is 2. The van der Waals surface area contributed by atoms with Crippen LogP contribution in [-0.4, -0.2) is 54.9 Å². The van der Waals surface area contributed by atoms with Crippen LogP contribution in [0.3, 0.4) is 0 Å². The van der Waals surface area contributed by atoms with Crippen molar-refractivity contribution in [2.45, 2.75) is 64.0 Å². The Bertz CT molecular complexity index is 2360. The van der Waals surface area contributed by atoms with E-state index in [1.165, 1.54) is 42.5 Å². The number of ether oxygens (including phenoxy) is 1. The third kappa shape index (κ3) is 7.43. The molecular weight excluding hydrogens is 694 g/mol. The normalized spacial score (nSPS) is 14.8. The molecule has 54 heavy (non-hydrogen) atoms. The number of benzene rings is 2. The minimum atomic E-state index is -0.787. The second kappa shape index (κ2) is 14.2. The summed E-state index contributed by atoms with van der Waals surface area (Å²) in [4.78, 5) is 45.7. The maximum atomic E-state index is 15.8. The van der Waals surface area contributed by atoms with Crippen LogP contribution >= 0.6 is 0 Å². The van der Waals surface area contributed by atoms with Crippen LogP contribution in [0.25, 0.3) is 27.9 Å². The third-order valence-corrected chi connectivity index (χ3v) is 9.54. The Morgan fingerprint density at radius 3 is 2.33 bits per heavy atom. The minimum Gasteiger partial charge on any atom is -0.444 e. The number of nitrogens with zero attached hydrogens (tertiary/aromatic N) is 6. The minimum absolute atomic E-state index is 0.00318. The molecule has 0 radical (unpaired) electrons. The number of carbonyl (C=O) groups excluding carboxylic acids is 2. The van der Waals surface area contributed by atoms with Crippen molar-refractivity contribution in [1.29, 1.82) is 5.26 Å². The highest BCUT2D eigenvalue weighted by Gasteiger charge is 2.31. The molecule has 1 aliphatic heterocycles. The first-order valence-corrected chi connectivity index (χ1v) is 17.6. The molecule has 2 aliphatic rings. The van der Waals surface area contributed by atoms with Gasteiger partial charge in [0.25, 0.3) is 11.5 Å². The highest BCUT2D eigenvalue weighted by atomic mass is 19.1. The average molecular weight is 733 g/mol. The van der Waals surface area contributed by atoms with Gasteiger partial charge < -0.3 is 20.7 Å². The molecule has 4 heterocycles. The summed E-state index contributed by atoms with van der Waals surface area (Å²) in [7, 11) is 0. The number of nitrogens with one attached hydrogen (secondary N) is 1. The lowest BCUT2D eigenvalue weighted by Gasteiger charge is -2.33. The SMILES string of the molecule is CC(C)(C)OC(=O)N1CCC(n2cc(-c3cnc(N)c(-c4ccc(NC(=O)c5cc(C6CC6)c(C#N)n(-c6ccc(F)cc6)c5=O)cc4F)c3)cn2)CC1. The Balaban J connectivity index is 1.09. The van der Waals surface area contributed by atoms with Crippen LogP contribution < -0.4 is 16.6 Å². The molecule has 0 unspecified atom stereocenters. The number of hydrogen-bond donors (Lipinski definition) is 2. The molecule has 14 heteroatoms. The predicted octanol–water partition coefficient (Wildman–Crippen LogP) is 7.20. The van der Waals surface area contributed by atoms with Gasteiger partial charge in [0.15, 0.2) is 0 Å².